The minimum Gasteiger partial charge on any atom is -0.397 e. The molecule has 0 spiro atoms. The smallest absolute Gasteiger partial charge is 0.0600 e. The molecule has 0 bridgehead atoms. The van der Waals surface area contributed by atoms with Crippen LogP contribution in [0, 0.1) is 5.41 Å². The minimum absolute atomic E-state index is 0.561. The van der Waals surface area contributed by atoms with Crippen LogP contribution in [0.25, 0.3) is 0 Å². The quantitative estimate of drug-likeness (QED) is 0.785. The van der Waals surface area contributed by atoms with E-state index in [4.69, 9.17) is 5.73 Å². The average molecular weight is 232 g/mol. The second kappa shape index (κ2) is 4.99. The highest BCUT2D eigenvalue weighted by Gasteiger charge is 2.41. The van der Waals surface area contributed by atoms with Crippen LogP contribution in [-0.4, -0.2) is 13.1 Å². The van der Waals surface area contributed by atoms with Crippen molar-refractivity contribution in [2.45, 2.75) is 39.5 Å². The molecular weight excluding hydrogens is 208 g/mol. The van der Waals surface area contributed by atoms with Crippen molar-refractivity contribution in [3.63, 3.8) is 0 Å². The molecule has 94 valence electrons. The number of nitrogens with zero attached hydrogens (tertiary/aromatic N) is 1. The van der Waals surface area contributed by atoms with Crippen molar-refractivity contribution >= 4 is 11.4 Å². The van der Waals surface area contributed by atoms with Gasteiger partial charge < -0.3 is 10.6 Å². The normalized spacial score (nSPS) is 17.9. The predicted octanol–water partition coefficient (Wildman–Crippen LogP) is 3.68. The van der Waals surface area contributed by atoms with E-state index in [1.165, 1.54) is 44.5 Å². The lowest BCUT2D eigenvalue weighted by Gasteiger charge is -2.52. The number of nitrogen functional groups attached to an aromatic ring is 1. The van der Waals surface area contributed by atoms with Crippen LogP contribution < -0.4 is 10.6 Å². The monoisotopic (exact) mass is 232 g/mol. The fourth-order valence-corrected chi connectivity index (χ4v) is 3.21. The van der Waals surface area contributed by atoms with Gasteiger partial charge in [0.2, 0.25) is 0 Å². The van der Waals surface area contributed by atoms with Crippen LogP contribution in [0.3, 0.4) is 0 Å². The Kier molecular flexibility index (Phi) is 3.60. The van der Waals surface area contributed by atoms with E-state index in [0.29, 0.717) is 5.41 Å². The summed E-state index contributed by atoms with van der Waals surface area (Å²) in [6.07, 6.45) is 5.28. The number of rotatable bonds is 5. The lowest BCUT2D eigenvalue weighted by Crippen LogP contribution is -2.56. The maximum absolute atomic E-state index is 6.03. The maximum Gasteiger partial charge on any atom is 0.0600 e. The second-order valence-corrected chi connectivity index (χ2v) is 5.41. The van der Waals surface area contributed by atoms with E-state index in [1.54, 1.807) is 0 Å². The van der Waals surface area contributed by atoms with Gasteiger partial charge in [-0.25, -0.2) is 0 Å². The number of nitrogens with two attached hydrogens (primary N) is 1. The lowest BCUT2D eigenvalue weighted by molar-refractivity contribution is 0.173. The fourth-order valence-electron chi connectivity index (χ4n) is 3.21. The van der Waals surface area contributed by atoms with Crippen LogP contribution in [0.4, 0.5) is 11.4 Å². The predicted molar refractivity (Wildman–Crippen MR) is 75.3 cm³/mol. The molecule has 1 saturated heterocycles. The van der Waals surface area contributed by atoms with Gasteiger partial charge in [-0.15, -0.1) is 0 Å². The number of benzene rings is 1. The summed E-state index contributed by atoms with van der Waals surface area (Å²) in [6, 6.07) is 8.21. The Morgan fingerprint density at radius 1 is 1.12 bits per heavy atom. The van der Waals surface area contributed by atoms with Gasteiger partial charge >= 0.3 is 0 Å². The third kappa shape index (κ3) is 2.41. The van der Waals surface area contributed by atoms with E-state index in [1.807, 2.05) is 12.1 Å². The second-order valence-electron chi connectivity index (χ2n) is 5.41. The molecule has 0 saturated carbocycles. The average Bonchev–Trinajstić information content (AvgIpc) is 2.26. The Morgan fingerprint density at radius 3 is 2.24 bits per heavy atom. The lowest BCUT2D eigenvalue weighted by atomic mass is 9.72. The Morgan fingerprint density at radius 2 is 1.71 bits per heavy atom. The molecule has 0 atom stereocenters. The van der Waals surface area contributed by atoms with E-state index < -0.39 is 0 Å². The zero-order valence-electron chi connectivity index (χ0n) is 11.1. The Bertz CT molecular complexity index is 359. The van der Waals surface area contributed by atoms with Crippen LogP contribution in [0.2, 0.25) is 0 Å². The van der Waals surface area contributed by atoms with Gasteiger partial charge in [0, 0.05) is 18.5 Å². The molecule has 2 heteroatoms. The third-order valence-electron chi connectivity index (χ3n) is 3.89. The molecule has 17 heavy (non-hydrogen) atoms. The maximum atomic E-state index is 6.03. The van der Waals surface area contributed by atoms with Gasteiger partial charge in [0.1, 0.15) is 0 Å². The molecule has 1 heterocycles. The molecule has 1 fully saturated rings. The van der Waals surface area contributed by atoms with Crippen LogP contribution in [0.15, 0.2) is 24.3 Å². The van der Waals surface area contributed by atoms with Crippen LogP contribution in [0.1, 0.15) is 39.5 Å². The van der Waals surface area contributed by atoms with Crippen LogP contribution in [-0.2, 0) is 0 Å². The van der Waals surface area contributed by atoms with Crippen molar-refractivity contribution in [2.24, 2.45) is 5.41 Å². The Hall–Kier alpha value is -1.18. The Balaban J connectivity index is 2.03. The summed E-state index contributed by atoms with van der Waals surface area (Å²) in [5.74, 6) is 0. The highest BCUT2D eigenvalue weighted by Crippen LogP contribution is 2.43. The van der Waals surface area contributed by atoms with Gasteiger partial charge in [-0.05, 0) is 25.0 Å². The first-order chi connectivity index (χ1) is 8.21. The summed E-state index contributed by atoms with van der Waals surface area (Å²) in [7, 11) is 0. The molecular formula is C15H24N2. The van der Waals surface area contributed by atoms with E-state index in [9.17, 15) is 0 Å². The number of hydrogen-bond acceptors (Lipinski definition) is 2. The van der Waals surface area contributed by atoms with Gasteiger partial charge in [-0.1, -0.05) is 38.8 Å². The molecule has 2 N–H and O–H groups in total. The molecule has 1 aliphatic heterocycles. The van der Waals surface area contributed by atoms with Crippen LogP contribution >= 0.6 is 0 Å². The molecule has 1 aliphatic rings. The number of hydrogen-bond donors (Lipinski definition) is 1. The molecule has 2 rings (SSSR count). The number of anilines is 2. The van der Waals surface area contributed by atoms with Gasteiger partial charge in [0.05, 0.1) is 11.4 Å². The molecule has 0 aliphatic carbocycles. The Labute approximate surface area is 105 Å². The van der Waals surface area contributed by atoms with Gasteiger partial charge in [0.25, 0.3) is 0 Å². The topological polar surface area (TPSA) is 29.3 Å². The van der Waals surface area contributed by atoms with Crippen molar-refractivity contribution in [1.82, 2.24) is 0 Å². The minimum atomic E-state index is 0.561. The first kappa shape index (κ1) is 12.3. The summed E-state index contributed by atoms with van der Waals surface area (Å²) in [4.78, 5) is 2.43. The van der Waals surface area contributed by atoms with Crippen molar-refractivity contribution < 1.29 is 0 Å². The van der Waals surface area contributed by atoms with Gasteiger partial charge in [-0.2, -0.15) is 0 Å². The fraction of sp³-hybridized carbons (Fsp3) is 0.600. The standard InChI is InChI=1S/C15H24N2/c1-3-9-15(10-4-2)11-17(12-15)14-8-6-5-7-13(14)16/h5-8H,3-4,9-12,16H2,1-2H3. The van der Waals surface area contributed by atoms with Crippen molar-refractivity contribution in [2.75, 3.05) is 23.7 Å². The highest BCUT2D eigenvalue weighted by molar-refractivity contribution is 5.68. The van der Waals surface area contributed by atoms with E-state index in [0.717, 1.165) is 5.69 Å². The summed E-state index contributed by atoms with van der Waals surface area (Å²) < 4.78 is 0. The molecule has 1 aromatic rings. The van der Waals surface area contributed by atoms with E-state index in [2.05, 4.69) is 30.9 Å². The summed E-state index contributed by atoms with van der Waals surface area (Å²) in [6.45, 7) is 6.94. The van der Waals surface area contributed by atoms with Gasteiger partial charge in [-0.3, -0.25) is 0 Å². The third-order valence-corrected chi connectivity index (χ3v) is 3.89. The van der Waals surface area contributed by atoms with Crippen molar-refractivity contribution in [1.29, 1.82) is 0 Å². The SMILES string of the molecule is CCCC1(CCC)CN(c2ccccc2N)C1. The molecule has 2 nitrogen and oxygen atoms in total. The molecule has 0 aromatic heterocycles. The van der Waals surface area contributed by atoms with Crippen molar-refractivity contribution in [3.8, 4) is 0 Å². The molecule has 0 radical (unpaired) electrons. The molecule has 1 aromatic carbocycles. The first-order valence-electron chi connectivity index (χ1n) is 6.80. The highest BCUT2D eigenvalue weighted by atomic mass is 15.2. The molecule has 0 amide bonds. The van der Waals surface area contributed by atoms with Gasteiger partial charge in [0.15, 0.2) is 0 Å². The summed E-state index contributed by atoms with van der Waals surface area (Å²) in [5.41, 5.74) is 8.72. The van der Waals surface area contributed by atoms with Crippen molar-refractivity contribution in [3.05, 3.63) is 24.3 Å². The summed E-state index contributed by atoms with van der Waals surface area (Å²) in [5, 5.41) is 0. The molecule has 0 unspecified atom stereocenters. The zero-order chi connectivity index (χ0) is 12.3. The first-order valence-corrected chi connectivity index (χ1v) is 6.80. The van der Waals surface area contributed by atoms with Crippen LogP contribution in [0.5, 0.6) is 0 Å². The number of para-hydroxylation sites is 2. The largest absolute Gasteiger partial charge is 0.397 e. The van der Waals surface area contributed by atoms with E-state index in [-0.39, 0.29) is 0 Å². The summed E-state index contributed by atoms with van der Waals surface area (Å²) >= 11 is 0. The zero-order valence-corrected chi connectivity index (χ0v) is 11.1. The van der Waals surface area contributed by atoms with E-state index >= 15 is 0 Å².